The highest BCUT2D eigenvalue weighted by molar-refractivity contribution is 5.90. The van der Waals surface area contributed by atoms with Gasteiger partial charge in [-0.3, -0.25) is 4.79 Å². The summed E-state index contributed by atoms with van der Waals surface area (Å²) in [4.78, 5) is 27.1. The molecule has 150 valence electrons. The fraction of sp³-hybridized carbons (Fsp3) is 0.316. The first kappa shape index (κ1) is 18.8. The van der Waals surface area contributed by atoms with Crippen LogP contribution < -0.4 is 15.5 Å². The van der Waals surface area contributed by atoms with Gasteiger partial charge in [-0.1, -0.05) is 0 Å². The van der Waals surface area contributed by atoms with Crippen LogP contribution in [0.3, 0.4) is 0 Å². The first-order valence-electron chi connectivity index (χ1n) is 9.33. The summed E-state index contributed by atoms with van der Waals surface area (Å²) in [6.45, 7) is 5.04. The van der Waals surface area contributed by atoms with Gasteiger partial charge in [-0.25, -0.2) is 19.6 Å². The monoisotopic (exact) mass is 394 g/mol. The second-order valence-corrected chi connectivity index (χ2v) is 6.60. The summed E-state index contributed by atoms with van der Waals surface area (Å²) in [5.74, 6) is 2.15. The molecule has 1 amide bonds. The molecule has 2 aromatic heterocycles. The summed E-state index contributed by atoms with van der Waals surface area (Å²) in [6, 6.07) is 9.37. The number of nitrogens with one attached hydrogen (secondary N) is 2. The molecule has 29 heavy (non-hydrogen) atoms. The van der Waals surface area contributed by atoms with E-state index in [9.17, 15) is 4.79 Å². The number of hydrogen-bond acceptors (Lipinski definition) is 8. The summed E-state index contributed by atoms with van der Waals surface area (Å²) in [7, 11) is 0. The van der Waals surface area contributed by atoms with E-state index in [1.54, 1.807) is 0 Å². The molecular formula is C19H22N8O2. The van der Waals surface area contributed by atoms with E-state index in [1.165, 1.54) is 17.3 Å². The average Bonchev–Trinajstić information content (AvgIpc) is 3.22. The van der Waals surface area contributed by atoms with Crippen molar-refractivity contribution in [1.29, 1.82) is 0 Å². The molecule has 0 spiro atoms. The predicted molar refractivity (Wildman–Crippen MR) is 108 cm³/mol. The lowest BCUT2D eigenvalue weighted by molar-refractivity contribution is -0.116. The number of ether oxygens (including phenoxy) is 1. The van der Waals surface area contributed by atoms with E-state index in [2.05, 4.69) is 35.6 Å². The molecular weight excluding hydrogens is 372 g/mol. The smallest absolute Gasteiger partial charge is 0.246 e. The molecule has 1 fully saturated rings. The molecule has 0 unspecified atom stereocenters. The fourth-order valence-corrected chi connectivity index (χ4v) is 3.02. The van der Waals surface area contributed by atoms with Gasteiger partial charge in [0.1, 0.15) is 36.7 Å². The third kappa shape index (κ3) is 5.05. The molecule has 4 rings (SSSR count). The Morgan fingerprint density at radius 2 is 1.90 bits per heavy atom. The lowest BCUT2D eigenvalue weighted by Gasteiger charge is -2.28. The first-order chi connectivity index (χ1) is 14.2. The van der Waals surface area contributed by atoms with Gasteiger partial charge in [0.2, 0.25) is 5.91 Å². The Hall–Kier alpha value is -3.53. The van der Waals surface area contributed by atoms with Crippen LogP contribution >= 0.6 is 0 Å². The number of aryl methyl sites for hydroxylation is 1. The van der Waals surface area contributed by atoms with E-state index < -0.39 is 0 Å². The van der Waals surface area contributed by atoms with Crippen LogP contribution in [-0.4, -0.2) is 56.9 Å². The second kappa shape index (κ2) is 8.65. The molecule has 2 N–H and O–H groups in total. The number of rotatable bonds is 6. The summed E-state index contributed by atoms with van der Waals surface area (Å²) in [5, 5.41) is 10.0. The standard InChI is InChI=1S/C19H22N8O2/c1-14-22-17(10-18(23-14)26-6-8-29-9-7-26)24-15-2-4-16(5-3-15)25-19(28)11-27-13-20-12-21-27/h2-5,10,12-13H,6-9,11H2,1H3,(H,25,28)(H,22,23,24). The molecule has 0 radical (unpaired) electrons. The SMILES string of the molecule is Cc1nc(Nc2ccc(NC(=O)Cn3cncn3)cc2)cc(N2CCOCC2)n1. The van der Waals surface area contributed by atoms with Crippen LogP contribution in [0.2, 0.25) is 0 Å². The quantitative estimate of drug-likeness (QED) is 0.649. The third-order valence-corrected chi connectivity index (χ3v) is 4.37. The van der Waals surface area contributed by atoms with E-state index in [-0.39, 0.29) is 12.5 Å². The van der Waals surface area contributed by atoms with Crippen molar-refractivity contribution in [2.45, 2.75) is 13.5 Å². The van der Waals surface area contributed by atoms with Crippen LogP contribution in [0.5, 0.6) is 0 Å². The zero-order valence-electron chi connectivity index (χ0n) is 16.1. The van der Waals surface area contributed by atoms with Crippen molar-refractivity contribution in [3.05, 3.63) is 48.8 Å². The normalized spacial score (nSPS) is 13.9. The van der Waals surface area contributed by atoms with Gasteiger partial charge >= 0.3 is 0 Å². The highest BCUT2D eigenvalue weighted by Gasteiger charge is 2.14. The van der Waals surface area contributed by atoms with Crippen LogP contribution in [0.4, 0.5) is 23.0 Å². The molecule has 1 aliphatic rings. The summed E-state index contributed by atoms with van der Waals surface area (Å²) >= 11 is 0. The van der Waals surface area contributed by atoms with E-state index in [4.69, 9.17) is 4.74 Å². The maximum absolute atomic E-state index is 12.0. The Bertz CT molecular complexity index is 953. The Kier molecular flexibility index (Phi) is 5.61. The van der Waals surface area contributed by atoms with Crippen LogP contribution in [-0.2, 0) is 16.1 Å². The predicted octanol–water partition coefficient (Wildman–Crippen LogP) is 1.60. The number of aromatic nitrogens is 5. The van der Waals surface area contributed by atoms with Gasteiger partial charge in [-0.2, -0.15) is 5.10 Å². The van der Waals surface area contributed by atoms with Crippen molar-refractivity contribution in [2.75, 3.05) is 41.8 Å². The highest BCUT2D eigenvalue weighted by atomic mass is 16.5. The van der Waals surface area contributed by atoms with Crippen LogP contribution in [0.15, 0.2) is 43.0 Å². The summed E-state index contributed by atoms with van der Waals surface area (Å²) < 4.78 is 6.87. The molecule has 3 aromatic rings. The van der Waals surface area contributed by atoms with Crippen LogP contribution in [0, 0.1) is 6.92 Å². The second-order valence-electron chi connectivity index (χ2n) is 6.60. The van der Waals surface area contributed by atoms with Crippen molar-refractivity contribution in [1.82, 2.24) is 24.7 Å². The molecule has 0 atom stereocenters. The lowest BCUT2D eigenvalue weighted by Crippen LogP contribution is -2.36. The first-order valence-corrected chi connectivity index (χ1v) is 9.33. The van der Waals surface area contributed by atoms with E-state index in [0.29, 0.717) is 24.7 Å². The molecule has 1 aromatic carbocycles. The van der Waals surface area contributed by atoms with Gasteiger partial charge < -0.3 is 20.3 Å². The molecule has 10 heteroatoms. The molecule has 10 nitrogen and oxygen atoms in total. The van der Waals surface area contributed by atoms with Crippen LogP contribution in [0.25, 0.3) is 0 Å². The van der Waals surface area contributed by atoms with Gasteiger partial charge in [0.05, 0.1) is 13.2 Å². The Morgan fingerprint density at radius 1 is 1.14 bits per heavy atom. The molecule has 1 aliphatic heterocycles. The maximum atomic E-state index is 12.0. The molecule has 0 aliphatic carbocycles. The maximum Gasteiger partial charge on any atom is 0.246 e. The summed E-state index contributed by atoms with van der Waals surface area (Å²) in [6.07, 6.45) is 2.90. The van der Waals surface area contributed by atoms with E-state index in [0.717, 1.165) is 30.4 Å². The van der Waals surface area contributed by atoms with Crippen molar-refractivity contribution in [3.63, 3.8) is 0 Å². The lowest BCUT2D eigenvalue weighted by atomic mass is 10.2. The average molecular weight is 394 g/mol. The number of benzene rings is 1. The minimum atomic E-state index is -0.169. The number of carbonyl (C=O) groups excluding carboxylic acids is 1. The third-order valence-electron chi connectivity index (χ3n) is 4.37. The molecule has 0 saturated carbocycles. The highest BCUT2D eigenvalue weighted by Crippen LogP contribution is 2.22. The van der Waals surface area contributed by atoms with E-state index >= 15 is 0 Å². The molecule has 1 saturated heterocycles. The van der Waals surface area contributed by atoms with E-state index in [1.807, 2.05) is 37.3 Å². The van der Waals surface area contributed by atoms with Gasteiger partial charge in [0.25, 0.3) is 0 Å². The van der Waals surface area contributed by atoms with Gasteiger partial charge in [0, 0.05) is 30.5 Å². The number of hydrogen-bond donors (Lipinski definition) is 2. The number of carbonyl (C=O) groups is 1. The minimum absolute atomic E-state index is 0.116. The number of nitrogens with zero attached hydrogens (tertiary/aromatic N) is 6. The van der Waals surface area contributed by atoms with Crippen molar-refractivity contribution >= 4 is 28.9 Å². The topological polar surface area (TPSA) is 110 Å². The van der Waals surface area contributed by atoms with Crippen LogP contribution in [0.1, 0.15) is 5.82 Å². The van der Waals surface area contributed by atoms with Crippen molar-refractivity contribution in [2.24, 2.45) is 0 Å². The van der Waals surface area contributed by atoms with Gasteiger partial charge in [-0.05, 0) is 31.2 Å². The largest absolute Gasteiger partial charge is 0.378 e. The molecule has 3 heterocycles. The van der Waals surface area contributed by atoms with Crippen molar-refractivity contribution in [3.8, 4) is 0 Å². The Balaban J connectivity index is 1.39. The zero-order chi connectivity index (χ0) is 20.1. The molecule has 0 bridgehead atoms. The van der Waals surface area contributed by atoms with Crippen molar-refractivity contribution < 1.29 is 9.53 Å². The zero-order valence-corrected chi connectivity index (χ0v) is 16.1. The number of morpholine rings is 1. The number of amides is 1. The summed E-state index contributed by atoms with van der Waals surface area (Å²) in [5.41, 5.74) is 1.57. The number of anilines is 4. The Morgan fingerprint density at radius 3 is 2.62 bits per heavy atom. The minimum Gasteiger partial charge on any atom is -0.378 e. The Labute approximate surface area is 167 Å². The van der Waals surface area contributed by atoms with Gasteiger partial charge in [-0.15, -0.1) is 0 Å². The fourth-order valence-electron chi connectivity index (χ4n) is 3.02. The van der Waals surface area contributed by atoms with Gasteiger partial charge in [0.15, 0.2) is 0 Å².